The van der Waals surface area contributed by atoms with Gasteiger partial charge in [0.25, 0.3) is 0 Å². The Balaban J connectivity index is 1.05. The Morgan fingerprint density at radius 1 is 0.729 bits per heavy atom. The molecule has 2 bridgehead atoms. The maximum absolute atomic E-state index is 13.9. The number of imidazole rings is 2. The predicted octanol–water partition coefficient (Wildman–Crippen LogP) is 7.30. The maximum atomic E-state index is 13.9. The third-order valence-electron chi connectivity index (χ3n) is 12.7. The molecule has 314 valence electrons. The van der Waals surface area contributed by atoms with Gasteiger partial charge in [0.1, 0.15) is 23.7 Å². The van der Waals surface area contributed by atoms with E-state index in [0.717, 1.165) is 90.2 Å². The van der Waals surface area contributed by atoms with Gasteiger partial charge < -0.3 is 39.9 Å². The Morgan fingerprint density at radius 3 is 1.90 bits per heavy atom. The Hall–Kier alpha value is -5.66. The highest BCUT2D eigenvalue weighted by molar-refractivity contribution is 5.87. The second kappa shape index (κ2) is 17.7. The fraction of sp³-hybridized carbons (Fsp3) is 0.511. The number of carbonyl (C=O) groups excluding carboxylic acids is 4. The topological polar surface area (TPSA) is 173 Å². The third kappa shape index (κ3) is 8.58. The lowest BCUT2D eigenvalue weighted by molar-refractivity contribution is -0.139. The van der Waals surface area contributed by atoms with E-state index in [1.165, 1.54) is 14.2 Å². The molecule has 4 amide bonds. The second-order valence-electron chi connectivity index (χ2n) is 17.1. The van der Waals surface area contributed by atoms with Gasteiger partial charge in [-0.05, 0) is 78.0 Å². The van der Waals surface area contributed by atoms with Crippen LogP contribution in [0.3, 0.4) is 0 Å². The molecule has 2 saturated carbocycles. The SMILES string of the molecule is COC(=O)N[C@H](C(=O)N[C@H](c1ncc(-c2ccc(-c3ccc(-c4cnc([C@@H]5C6CCC(C6)N5C(=O)[C@@H](NC(=O)OC)C(C)C)[nH]4)cc3)cc2)n1C)C1CCCC1)C(C)C. The highest BCUT2D eigenvalue weighted by Crippen LogP contribution is 2.50. The number of nitrogens with one attached hydrogen (secondary N) is 4. The first kappa shape index (κ1) is 41.5. The third-order valence-corrected chi connectivity index (χ3v) is 12.7. The number of carbonyl (C=O) groups is 4. The zero-order valence-corrected chi connectivity index (χ0v) is 35.2. The zero-order chi connectivity index (χ0) is 42.0. The number of hydrogen-bond acceptors (Lipinski definition) is 8. The molecule has 3 fully saturated rings. The monoisotopic (exact) mass is 806 g/mol. The quantitative estimate of drug-likeness (QED) is 0.109. The molecule has 4 N–H and O–H groups in total. The van der Waals surface area contributed by atoms with Gasteiger partial charge in [-0.25, -0.2) is 19.6 Å². The number of amides is 4. The van der Waals surface area contributed by atoms with Gasteiger partial charge >= 0.3 is 12.2 Å². The first-order chi connectivity index (χ1) is 28.4. The molecule has 2 aromatic carbocycles. The zero-order valence-electron chi connectivity index (χ0n) is 35.2. The molecule has 6 atom stereocenters. The number of fused-ring (bicyclic) bond motifs is 2. The number of aromatic nitrogens is 4. The van der Waals surface area contributed by atoms with Crippen LogP contribution in [0, 0.1) is 23.7 Å². The van der Waals surface area contributed by atoms with Crippen molar-refractivity contribution in [3.05, 3.63) is 72.6 Å². The lowest BCUT2D eigenvalue weighted by Gasteiger charge is -2.37. The van der Waals surface area contributed by atoms with Gasteiger partial charge in [-0.2, -0.15) is 0 Å². The molecule has 7 rings (SSSR count). The fourth-order valence-electron chi connectivity index (χ4n) is 9.46. The van der Waals surface area contributed by atoms with Crippen LogP contribution in [0.2, 0.25) is 0 Å². The molecule has 3 aliphatic rings. The molecule has 1 aliphatic heterocycles. The summed E-state index contributed by atoms with van der Waals surface area (Å²) in [5.74, 6) is 1.54. The number of rotatable bonds is 13. The molecular formula is C45H58N8O6. The smallest absolute Gasteiger partial charge is 0.407 e. The fourth-order valence-corrected chi connectivity index (χ4v) is 9.46. The van der Waals surface area contributed by atoms with Gasteiger partial charge in [-0.1, -0.05) is 89.1 Å². The highest BCUT2D eigenvalue weighted by atomic mass is 16.5. The van der Waals surface area contributed by atoms with E-state index in [0.29, 0.717) is 5.92 Å². The number of alkyl carbamates (subject to hydrolysis) is 2. The summed E-state index contributed by atoms with van der Waals surface area (Å²) >= 11 is 0. The summed E-state index contributed by atoms with van der Waals surface area (Å²) in [5, 5.41) is 8.70. The molecule has 14 nitrogen and oxygen atoms in total. The normalized spacial score (nSPS) is 20.4. The van der Waals surface area contributed by atoms with Crippen LogP contribution in [0.4, 0.5) is 9.59 Å². The Morgan fingerprint density at radius 2 is 1.31 bits per heavy atom. The van der Waals surface area contributed by atoms with E-state index in [9.17, 15) is 19.2 Å². The average molecular weight is 807 g/mol. The standard InChI is InChI=1S/C45H58N8O6/c1-25(2)36(50-44(56)58-6)42(54)49-38(31-10-8-9-11-31)41-47-24-35(52(41)5)30-18-14-28(15-19-30)27-12-16-29(17-13-27)34-23-46-40(48-34)39-32-20-21-33(22-32)53(39)43(55)37(26(3)4)51-45(57)59-7/h12-19,23-26,31-33,36-39H,8-11,20-22H2,1-7H3,(H,46,48)(H,49,54)(H,50,56)(H,51,57)/t32?,33?,36-,37-,38-,39-/m0/s1. The predicted molar refractivity (Wildman–Crippen MR) is 224 cm³/mol. The van der Waals surface area contributed by atoms with Crippen LogP contribution in [0.5, 0.6) is 0 Å². The van der Waals surface area contributed by atoms with Gasteiger partial charge in [0.05, 0.1) is 50.1 Å². The lowest BCUT2D eigenvalue weighted by atomic mass is 9.95. The van der Waals surface area contributed by atoms with E-state index < -0.39 is 24.3 Å². The van der Waals surface area contributed by atoms with Crippen LogP contribution < -0.4 is 16.0 Å². The van der Waals surface area contributed by atoms with Crippen LogP contribution in [-0.4, -0.2) is 80.8 Å². The van der Waals surface area contributed by atoms with Gasteiger partial charge in [-0.15, -0.1) is 0 Å². The number of nitrogens with zero attached hydrogens (tertiary/aromatic N) is 4. The Labute approximate surface area is 346 Å². The molecule has 3 heterocycles. The molecule has 2 aromatic heterocycles. The van der Waals surface area contributed by atoms with Crippen molar-refractivity contribution in [2.45, 2.75) is 103 Å². The van der Waals surface area contributed by atoms with Crippen LogP contribution in [0.25, 0.3) is 33.6 Å². The molecular weight excluding hydrogens is 749 g/mol. The van der Waals surface area contributed by atoms with Crippen LogP contribution >= 0.6 is 0 Å². The first-order valence-electron chi connectivity index (χ1n) is 21.0. The van der Waals surface area contributed by atoms with Crippen molar-refractivity contribution >= 4 is 24.0 Å². The van der Waals surface area contributed by atoms with Crippen molar-refractivity contribution in [1.82, 2.24) is 40.4 Å². The number of benzene rings is 2. The van der Waals surface area contributed by atoms with E-state index >= 15 is 0 Å². The number of aromatic amines is 1. The summed E-state index contributed by atoms with van der Waals surface area (Å²) < 4.78 is 11.7. The molecule has 14 heteroatoms. The number of ether oxygens (including phenoxy) is 2. The van der Waals surface area contributed by atoms with Gasteiger partial charge in [0.2, 0.25) is 11.8 Å². The maximum Gasteiger partial charge on any atom is 0.407 e. The molecule has 2 aliphatic carbocycles. The summed E-state index contributed by atoms with van der Waals surface area (Å²) in [6, 6.07) is 15.0. The van der Waals surface area contributed by atoms with Crippen molar-refractivity contribution < 1.29 is 28.7 Å². The minimum atomic E-state index is -0.734. The van der Waals surface area contributed by atoms with Crippen LogP contribution in [-0.2, 0) is 26.1 Å². The van der Waals surface area contributed by atoms with Crippen molar-refractivity contribution in [2.75, 3.05) is 14.2 Å². The summed E-state index contributed by atoms with van der Waals surface area (Å²) in [5.41, 5.74) is 5.96. The van der Waals surface area contributed by atoms with E-state index in [-0.39, 0.29) is 47.7 Å². The number of hydrogen-bond donors (Lipinski definition) is 4. The van der Waals surface area contributed by atoms with Crippen LogP contribution in [0.15, 0.2) is 60.9 Å². The Kier molecular flexibility index (Phi) is 12.4. The van der Waals surface area contributed by atoms with Gasteiger partial charge in [0, 0.05) is 13.1 Å². The summed E-state index contributed by atoms with van der Waals surface area (Å²) in [4.78, 5) is 66.8. The van der Waals surface area contributed by atoms with Crippen molar-refractivity contribution in [1.29, 1.82) is 0 Å². The van der Waals surface area contributed by atoms with Crippen molar-refractivity contribution in [3.8, 4) is 33.6 Å². The molecule has 4 aromatic rings. The summed E-state index contributed by atoms with van der Waals surface area (Å²) in [6.45, 7) is 7.65. The largest absolute Gasteiger partial charge is 0.453 e. The first-order valence-corrected chi connectivity index (χ1v) is 21.0. The van der Waals surface area contributed by atoms with Gasteiger partial charge in [-0.3, -0.25) is 9.59 Å². The average Bonchev–Trinajstić information content (AvgIpc) is 4.10. The van der Waals surface area contributed by atoms with E-state index in [1.54, 1.807) is 0 Å². The Bertz CT molecular complexity index is 2120. The molecule has 0 spiro atoms. The van der Waals surface area contributed by atoms with Gasteiger partial charge in [0.15, 0.2) is 0 Å². The van der Waals surface area contributed by atoms with Crippen LogP contribution in [0.1, 0.15) is 96.4 Å². The molecule has 0 radical (unpaired) electrons. The molecule has 59 heavy (non-hydrogen) atoms. The summed E-state index contributed by atoms with van der Waals surface area (Å²) in [7, 11) is 4.59. The van der Waals surface area contributed by atoms with E-state index in [4.69, 9.17) is 19.4 Å². The number of likely N-dealkylation sites (tertiary alicyclic amines) is 1. The second-order valence-corrected chi connectivity index (χ2v) is 17.1. The number of methoxy groups -OCH3 is 2. The minimum absolute atomic E-state index is 0.0943. The van der Waals surface area contributed by atoms with E-state index in [2.05, 4.69) is 74.0 Å². The summed E-state index contributed by atoms with van der Waals surface area (Å²) in [6.07, 6.45) is 9.59. The molecule has 2 unspecified atom stereocenters. The number of piperidine rings is 1. The number of H-pyrrole nitrogens is 1. The van der Waals surface area contributed by atoms with Crippen molar-refractivity contribution in [3.63, 3.8) is 0 Å². The lowest BCUT2D eigenvalue weighted by Crippen LogP contribution is -2.54. The minimum Gasteiger partial charge on any atom is -0.453 e. The van der Waals surface area contributed by atoms with E-state index in [1.807, 2.05) is 52.0 Å². The van der Waals surface area contributed by atoms with Crippen molar-refractivity contribution in [2.24, 2.45) is 30.7 Å². The highest BCUT2D eigenvalue weighted by Gasteiger charge is 2.51. The molecule has 1 saturated heterocycles.